The van der Waals surface area contributed by atoms with Crippen LogP contribution < -0.4 is 5.32 Å². The van der Waals surface area contributed by atoms with Crippen molar-refractivity contribution < 1.29 is 4.79 Å². The Labute approximate surface area is 147 Å². The van der Waals surface area contributed by atoms with E-state index in [2.05, 4.69) is 24.4 Å². The third kappa shape index (κ3) is 3.25. The first kappa shape index (κ1) is 15.8. The molecule has 1 saturated carbocycles. The quantitative estimate of drug-likeness (QED) is 0.883. The number of rotatable bonds is 3. The van der Waals surface area contributed by atoms with Crippen LogP contribution in [0.4, 0.5) is 11.4 Å². The lowest BCUT2D eigenvalue weighted by molar-refractivity contribution is -0.120. The van der Waals surface area contributed by atoms with Crippen molar-refractivity contribution in [1.82, 2.24) is 5.32 Å². The molecule has 1 fully saturated rings. The summed E-state index contributed by atoms with van der Waals surface area (Å²) in [5.41, 5.74) is 3.78. The van der Waals surface area contributed by atoms with Gasteiger partial charge in [-0.1, -0.05) is 49.4 Å². The minimum atomic E-state index is -0.124. The van der Waals surface area contributed by atoms with E-state index in [0.717, 1.165) is 41.9 Å². The van der Waals surface area contributed by atoms with Gasteiger partial charge in [-0.15, -0.1) is 0 Å². The van der Waals surface area contributed by atoms with E-state index in [1.807, 2.05) is 42.5 Å². The van der Waals surface area contributed by atoms with Gasteiger partial charge < -0.3 is 5.32 Å². The van der Waals surface area contributed by atoms with Crippen LogP contribution in [0.3, 0.4) is 0 Å². The number of nitrogens with zero attached hydrogens (tertiary/aromatic N) is 2. The van der Waals surface area contributed by atoms with Gasteiger partial charge >= 0.3 is 0 Å². The SMILES string of the molecule is CCC1=Nc2ccccc2N=C(NC(=O)C2CC2)[C@@H]1c1ccccc1. The number of aliphatic imine (C=N–C) groups is 2. The van der Waals surface area contributed by atoms with E-state index in [1.165, 1.54) is 0 Å². The van der Waals surface area contributed by atoms with Crippen molar-refractivity contribution in [3.05, 3.63) is 60.2 Å². The molecule has 0 saturated heterocycles. The van der Waals surface area contributed by atoms with E-state index < -0.39 is 0 Å². The number of nitrogens with one attached hydrogen (secondary N) is 1. The number of para-hydroxylation sites is 2. The molecule has 0 bridgehead atoms. The van der Waals surface area contributed by atoms with Crippen LogP contribution in [-0.2, 0) is 4.79 Å². The molecule has 1 aliphatic heterocycles. The maximum atomic E-state index is 12.4. The Morgan fingerprint density at radius 2 is 1.64 bits per heavy atom. The number of amides is 1. The Morgan fingerprint density at radius 3 is 2.28 bits per heavy atom. The van der Waals surface area contributed by atoms with Crippen molar-refractivity contribution in [2.75, 3.05) is 0 Å². The Balaban J connectivity index is 1.83. The smallest absolute Gasteiger partial charge is 0.228 e. The first-order valence-corrected chi connectivity index (χ1v) is 8.87. The summed E-state index contributed by atoms with van der Waals surface area (Å²) in [7, 11) is 0. The molecule has 0 radical (unpaired) electrons. The average Bonchev–Trinajstić information content (AvgIpc) is 3.48. The number of hydrogen-bond donors (Lipinski definition) is 1. The lowest BCUT2D eigenvalue weighted by Gasteiger charge is -2.20. The number of carbonyl (C=O) groups is 1. The lowest BCUT2D eigenvalue weighted by Crippen LogP contribution is -2.38. The van der Waals surface area contributed by atoms with Gasteiger partial charge in [-0.05, 0) is 37.0 Å². The van der Waals surface area contributed by atoms with Gasteiger partial charge in [0.2, 0.25) is 5.91 Å². The van der Waals surface area contributed by atoms with E-state index in [1.54, 1.807) is 0 Å². The summed E-state index contributed by atoms with van der Waals surface area (Å²) in [6.07, 6.45) is 2.74. The summed E-state index contributed by atoms with van der Waals surface area (Å²) in [4.78, 5) is 22.1. The predicted molar refractivity (Wildman–Crippen MR) is 101 cm³/mol. The second-order valence-electron chi connectivity index (χ2n) is 6.55. The molecule has 1 aliphatic carbocycles. The maximum absolute atomic E-state index is 12.4. The fraction of sp³-hybridized carbons (Fsp3) is 0.286. The van der Waals surface area contributed by atoms with Gasteiger partial charge in [-0.25, -0.2) is 4.99 Å². The van der Waals surface area contributed by atoms with Gasteiger partial charge in [0.15, 0.2) is 0 Å². The van der Waals surface area contributed by atoms with Crippen LogP contribution in [0.1, 0.15) is 37.7 Å². The fourth-order valence-electron chi connectivity index (χ4n) is 3.18. The highest BCUT2D eigenvalue weighted by atomic mass is 16.2. The fourth-order valence-corrected chi connectivity index (χ4v) is 3.18. The largest absolute Gasteiger partial charge is 0.313 e. The monoisotopic (exact) mass is 331 g/mol. The molecule has 1 atom stereocenters. The first-order valence-electron chi connectivity index (χ1n) is 8.87. The van der Waals surface area contributed by atoms with E-state index in [4.69, 9.17) is 9.98 Å². The normalized spacial score (nSPS) is 19.3. The van der Waals surface area contributed by atoms with Crippen molar-refractivity contribution in [2.24, 2.45) is 15.9 Å². The van der Waals surface area contributed by atoms with Crippen molar-refractivity contribution >= 4 is 28.8 Å². The number of hydrogen-bond acceptors (Lipinski definition) is 3. The van der Waals surface area contributed by atoms with Crippen LogP contribution in [-0.4, -0.2) is 17.5 Å². The Hall–Kier alpha value is -2.75. The van der Waals surface area contributed by atoms with Gasteiger partial charge in [0.25, 0.3) is 0 Å². The minimum Gasteiger partial charge on any atom is -0.313 e. The van der Waals surface area contributed by atoms with Crippen LogP contribution in [0.2, 0.25) is 0 Å². The first-order chi connectivity index (χ1) is 12.3. The number of carbonyl (C=O) groups excluding carboxylic acids is 1. The van der Waals surface area contributed by atoms with Crippen molar-refractivity contribution in [3.8, 4) is 0 Å². The number of fused-ring (bicyclic) bond motifs is 1. The third-order valence-corrected chi connectivity index (χ3v) is 4.69. The molecule has 2 aromatic rings. The van der Waals surface area contributed by atoms with Crippen LogP contribution in [0.15, 0.2) is 64.6 Å². The van der Waals surface area contributed by atoms with E-state index in [-0.39, 0.29) is 17.7 Å². The summed E-state index contributed by atoms with van der Waals surface area (Å²) < 4.78 is 0. The molecule has 1 heterocycles. The molecule has 25 heavy (non-hydrogen) atoms. The molecule has 2 aromatic carbocycles. The standard InChI is InChI=1S/C21H21N3O/c1-2-16-19(14-8-4-3-5-9-14)20(24-21(25)15-12-13-15)23-18-11-7-6-10-17(18)22-16/h3-11,15,19H,2,12-13H2,1H3,(H,23,24,25)/t19-/m1/s1. The minimum absolute atomic E-state index is 0.0783. The molecule has 2 aliphatic rings. The summed E-state index contributed by atoms with van der Waals surface area (Å²) in [5, 5.41) is 3.10. The highest BCUT2D eigenvalue weighted by Gasteiger charge is 2.33. The zero-order chi connectivity index (χ0) is 17.2. The molecule has 0 spiro atoms. The average molecular weight is 331 g/mol. The van der Waals surface area contributed by atoms with Crippen LogP contribution in [0, 0.1) is 5.92 Å². The van der Waals surface area contributed by atoms with Gasteiger partial charge in [0.05, 0.1) is 17.3 Å². The molecule has 4 rings (SSSR count). The Kier molecular flexibility index (Phi) is 4.18. The van der Waals surface area contributed by atoms with Crippen LogP contribution >= 0.6 is 0 Å². The molecule has 126 valence electrons. The Morgan fingerprint density at radius 1 is 1.00 bits per heavy atom. The molecule has 4 heteroatoms. The van der Waals surface area contributed by atoms with E-state index in [9.17, 15) is 4.79 Å². The summed E-state index contributed by atoms with van der Waals surface area (Å²) in [5.74, 6) is 0.782. The molecular formula is C21H21N3O. The zero-order valence-corrected chi connectivity index (χ0v) is 14.3. The van der Waals surface area contributed by atoms with Gasteiger partial charge in [-0.3, -0.25) is 9.79 Å². The lowest BCUT2D eigenvalue weighted by atomic mass is 9.91. The third-order valence-electron chi connectivity index (χ3n) is 4.69. The van der Waals surface area contributed by atoms with Crippen LogP contribution in [0.25, 0.3) is 0 Å². The highest BCUT2D eigenvalue weighted by molar-refractivity contribution is 6.18. The van der Waals surface area contributed by atoms with Crippen molar-refractivity contribution in [3.63, 3.8) is 0 Å². The molecule has 4 nitrogen and oxygen atoms in total. The number of amidine groups is 1. The topological polar surface area (TPSA) is 53.8 Å². The van der Waals surface area contributed by atoms with E-state index >= 15 is 0 Å². The molecular weight excluding hydrogens is 310 g/mol. The van der Waals surface area contributed by atoms with Crippen molar-refractivity contribution in [2.45, 2.75) is 32.1 Å². The second-order valence-corrected chi connectivity index (χ2v) is 6.55. The summed E-state index contributed by atoms with van der Waals surface area (Å²) in [6.45, 7) is 2.10. The molecule has 1 amide bonds. The van der Waals surface area contributed by atoms with Gasteiger partial charge in [0.1, 0.15) is 5.84 Å². The van der Waals surface area contributed by atoms with Crippen molar-refractivity contribution in [1.29, 1.82) is 0 Å². The zero-order valence-electron chi connectivity index (χ0n) is 14.3. The predicted octanol–water partition coefficient (Wildman–Crippen LogP) is 4.52. The highest BCUT2D eigenvalue weighted by Crippen LogP contribution is 2.35. The van der Waals surface area contributed by atoms with Gasteiger partial charge in [-0.2, -0.15) is 0 Å². The summed E-state index contributed by atoms with van der Waals surface area (Å²) in [6, 6.07) is 18.0. The summed E-state index contributed by atoms with van der Waals surface area (Å²) >= 11 is 0. The molecule has 1 N–H and O–H groups in total. The molecule has 0 unspecified atom stereocenters. The van der Waals surface area contributed by atoms with Crippen LogP contribution in [0.5, 0.6) is 0 Å². The Bertz CT molecular complexity index is 850. The number of benzene rings is 2. The van der Waals surface area contributed by atoms with E-state index in [0.29, 0.717) is 5.84 Å². The maximum Gasteiger partial charge on any atom is 0.228 e. The van der Waals surface area contributed by atoms with Gasteiger partial charge in [0, 0.05) is 11.6 Å². The molecule has 0 aromatic heterocycles. The second kappa shape index (κ2) is 6.63.